The van der Waals surface area contributed by atoms with Crippen molar-refractivity contribution in [3.8, 4) is 5.75 Å². The highest BCUT2D eigenvalue weighted by Crippen LogP contribution is 2.22. The van der Waals surface area contributed by atoms with Gasteiger partial charge in [-0.05, 0) is 38.5 Å². The molecule has 0 aliphatic carbocycles. The molecular formula is C19H26NO5+. The van der Waals surface area contributed by atoms with Crippen molar-refractivity contribution in [2.24, 2.45) is 0 Å². The zero-order valence-electron chi connectivity index (χ0n) is 15.0. The molecule has 3 rings (SSSR count). The van der Waals surface area contributed by atoms with Gasteiger partial charge in [0, 0.05) is 17.5 Å². The number of quaternary nitrogens is 1. The van der Waals surface area contributed by atoms with Crippen molar-refractivity contribution in [2.75, 3.05) is 26.2 Å². The van der Waals surface area contributed by atoms with E-state index in [9.17, 15) is 9.90 Å². The number of hydrogen-bond donors (Lipinski definition) is 2. The fraction of sp³-hybridized carbons (Fsp3) is 0.526. The van der Waals surface area contributed by atoms with Crippen LogP contribution >= 0.6 is 0 Å². The standard InChI is InChI=1S/C19H25NO5/c1-12-6-19(22)25-18-7-16(4-5-17(12)18)23-11-15(21)10-20-8-13(2)24-14(3)9-20/h4-7,13-15,21H,8-11H2,1-3H3/p+1/t13-,14-,15-/m1/s1. The Kier molecular flexibility index (Phi) is 5.42. The van der Waals surface area contributed by atoms with Gasteiger partial charge < -0.3 is 23.9 Å². The van der Waals surface area contributed by atoms with Crippen LogP contribution in [0, 0.1) is 6.92 Å². The predicted octanol–water partition coefficient (Wildman–Crippen LogP) is 0.533. The lowest BCUT2D eigenvalue weighted by atomic mass is 10.1. The first-order valence-electron chi connectivity index (χ1n) is 8.75. The molecule has 25 heavy (non-hydrogen) atoms. The first kappa shape index (κ1) is 17.9. The average Bonchev–Trinajstić information content (AvgIpc) is 2.51. The molecule has 0 saturated carbocycles. The zero-order chi connectivity index (χ0) is 18.0. The van der Waals surface area contributed by atoms with Crippen molar-refractivity contribution in [2.45, 2.75) is 39.1 Å². The lowest BCUT2D eigenvalue weighted by molar-refractivity contribution is -0.918. The van der Waals surface area contributed by atoms with Gasteiger partial charge in [0.1, 0.15) is 55.9 Å². The normalized spacial score (nSPS) is 25.0. The van der Waals surface area contributed by atoms with E-state index in [1.54, 1.807) is 6.07 Å². The molecule has 6 heteroatoms. The van der Waals surface area contributed by atoms with Crippen LogP contribution in [0.15, 0.2) is 33.5 Å². The van der Waals surface area contributed by atoms with Gasteiger partial charge in [-0.2, -0.15) is 0 Å². The summed E-state index contributed by atoms with van der Waals surface area (Å²) in [7, 11) is 0. The summed E-state index contributed by atoms with van der Waals surface area (Å²) in [4.78, 5) is 12.8. The van der Waals surface area contributed by atoms with Crippen molar-refractivity contribution < 1.29 is 23.9 Å². The van der Waals surface area contributed by atoms with Gasteiger partial charge in [0.25, 0.3) is 0 Å². The molecule has 136 valence electrons. The second-order valence-corrected chi connectivity index (χ2v) is 6.99. The molecular weight excluding hydrogens is 322 g/mol. The van der Waals surface area contributed by atoms with Gasteiger partial charge in [0.15, 0.2) is 0 Å². The minimum absolute atomic E-state index is 0.203. The molecule has 0 spiro atoms. The van der Waals surface area contributed by atoms with E-state index in [1.807, 2.05) is 19.1 Å². The molecule has 6 nitrogen and oxygen atoms in total. The number of aryl methyl sites for hydroxylation is 1. The third-order valence-corrected chi connectivity index (χ3v) is 4.51. The van der Waals surface area contributed by atoms with Crippen molar-refractivity contribution in [3.63, 3.8) is 0 Å². The molecule has 1 aliphatic heterocycles. The Hall–Kier alpha value is -1.89. The monoisotopic (exact) mass is 348 g/mol. The molecule has 1 aromatic carbocycles. The van der Waals surface area contributed by atoms with E-state index in [2.05, 4.69) is 13.8 Å². The summed E-state index contributed by atoms with van der Waals surface area (Å²) in [6.45, 7) is 8.60. The number of rotatable bonds is 5. The molecule has 3 atom stereocenters. The minimum atomic E-state index is -0.562. The number of ether oxygens (including phenoxy) is 2. The van der Waals surface area contributed by atoms with Gasteiger partial charge in [-0.25, -0.2) is 4.79 Å². The minimum Gasteiger partial charge on any atom is -0.491 e. The molecule has 0 bridgehead atoms. The van der Waals surface area contributed by atoms with E-state index in [4.69, 9.17) is 13.9 Å². The lowest BCUT2D eigenvalue weighted by Crippen LogP contribution is -3.16. The maximum Gasteiger partial charge on any atom is 0.336 e. The first-order chi connectivity index (χ1) is 11.9. The number of hydrogen-bond acceptors (Lipinski definition) is 5. The van der Waals surface area contributed by atoms with Crippen LogP contribution in [0.2, 0.25) is 0 Å². The Morgan fingerprint density at radius 3 is 2.72 bits per heavy atom. The van der Waals surface area contributed by atoms with Gasteiger partial charge >= 0.3 is 5.63 Å². The van der Waals surface area contributed by atoms with Crippen LogP contribution in [0.4, 0.5) is 0 Å². The van der Waals surface area contributed by atoms with Crippen molar-refractivity contribution in [1.29, 1.82) is 0 Å². The van der Waals surface area contributed by atoms with Crippen LogP contribution in [0.1, 0.15) is 19.4 Å². The molecule has 2 heterocycles. The van der Waals surface area contributed by atoms with E-state index in [0.29, 0.717) is 17.9 Å². The van der Waals surface area contributed by atoms with Crippen LogP contribution in [-0.2, 0) is 4.74 Å². The highest BCUT2D eigenvalue weighted by atomic mass is 16.5. The number of morpholine rings is 1. The summed E-state index contributed by atoms with van der Waals surface area (Å²) < 4.78 is 16.6. The van der Waals surface area contributed by atoms with Crippen molar-refractivity contribution in [1.82, 2.24) is 0 Å². The van der Waals surface area contributed by atoms with Gasteiger partial charge in [-0.1, -0.05) is 0 Å². The highest BCUT2D eigenvalue weighted by Gasteiger charge is 2.27. The van der Waals surface area contributed by atoms with E-state index >= 15 is 0 Å². The third kappa shape index (κ3) is 4.60. The Balaban J connectivity index is 1.59. The maximum atomic E-state index is 11.5. The molecule has 0 amide bonds. The predicted molar refractivity (Wildman–Crippen MR) is 94.3 cm³/mol. The topological polar surface area (TPSA) is 73.3 Å². The van der Waals surface area contributed by atoms with E-state index < -0.39 is 6.10 Å². The first-order valence-corrected chi connectivity index (χ1v) is 8.75. The smallest absolute Gasteiger partial charge is 0.336 e. The summed E-state index contributed by atoms with van der Waals surface area (Å²) >= 11 is 0. The Bertz CT molecular complexity index is 777. The average molecular weight is 348 g/mol. The number of fused-ring (bicyclic) bond motifs is 1. The third-order valence-electron chi connectivity index (χ3n) is 4.51. The number of benzene rings is 1. The van der Waals surface area contributed by atoms with E-state index in [-0.39, 0.29) is 24.4 Å². The molecule has 2 aromatic rings. The molecule has 2 N–H and O–H groups in total. The largest absolute Gasteiger partial charge is 0.491 e. The molecule has 1 aliphatic rings. The number of nitrogens with one attached hydrogen (secondary N) is 1. The van der Waals surface area contributed by atoms with Crippen LogP contribution in [-0.4, -0.2) is 49.7 Å². The fourth-order valence-corrected chi connectivity index (χ4v) is 3.54. The molecule has 1 fully saturated rings. The highest BCUT2D eigenvalue weighted by molar-refractivity contribution is 5.81. The number of aliphatic hydroxyl groups excluding tert-OH is 1. The van der Waals surface area contributed by atoms with Crippen LogP contribution in [0.3, 0.4) is 0 Å². The van der Waals surface area contributed by atoms with Crippen LogP contribution in [0.5, 0.6) is 5.75 Å². The van der Waals surface area contributed by atoms with Gasteiger partial charge in [-0.3, -0.25) is 0 Å². The summed E-state index contributed by atoms with van der Waals surface area (Å²) in [5, 5.41) is 11.2. The Morgan fingerprint density at radius 2 is 2.00 bits per heavy atom. The molecule has 0 unspecified atom stereocenters. The second kappa shape index (κ2) is 7.56. The Morgan fingerprint density at radius 1 is 1.28 bits per heavy atom. The van der Waals surface area contributed by atoms with Crippen LogP contribution in [0.25, 0.3) is 11.0 Å². The summed E-state index contributed by atoms with van der Waals surface area (Å²) in [5.41, 5.74) is 0.997. The van der Waals surface area contributed by atoms with E-state index in [1.165, 1.54) is 11.0 Å². The zero-order valence-corrected chi connectivity index (χ0v) is 15.0. The summed E-state index contributed by atoms with van der Waals surface area (Å²) in [6.07, 6.45) is -0.148. The summed E-state index contributed by atoms with van der Waals surface area (Å²) in [6, 6.07) is 6.86. The molecule has 1 saturated heterocycles. The maximum absolute atomic E-state index is 11.5. The van der Waals surface area contributed by atoms with Crippen molar-refractivity contribution in [3.05, 3.63) is 40.2 Å². The Labute approximate surface area is 147 Å². The van der Waals surface area contributed by atoms with E-state index in [0.717, 1.165) is 24.0 Å². The summed E-state index contributed by atoms with van der Waals surface area (Å²) in [5.74, 6) is 0.582. The fourth-order valence-electron chi connectivity index (χ4n) is 3.54. The quantitative estimate of drug-likeness (QED) is 0.772. The van der Waals surface area contributed by atoms with Crippen LogP contribution < -0.4 is 15.3 Å². The van der Waals surface area contributed by atoms with Gasteiger partial charge in [0.05, 0.1) is 0 Å². The molecule has 0 radical (unpaired) electrons. The lowest BCUT2D eigenvalue weighted by Gasteiger charge is -2.33. The van der Waals surface area contributed by atoms with Crippen molar-refractivity contribution >= 4 is 11.0 Å². The SMILES string of the molecule is Cc1cc(=O)oc2cc(OC[C@H](O)C[NH+]3C[C@@H](C)O[C@H](C)C3)ccc12. The van der Waals surface area contributed by atoms with Gasteiger partial charge in [-0.15, -0.1) is 0 Å². The van der Waals surface area contributed by atoms with Gasteiger partial charge in [0.2, 0.25) is 0 Å². The molecule has 1 aromatic heterocycles. The number of aliphatic hydroxyl groups is 1. The second-order valence-electron chi connectivity index (χ2n) is 6.99.